The number of carbonyl (C=O) groups is 1. The third kappa shape index (κ3) is 3.09. The van der Waals surface area contributed by atoms with E-state index in [4.69, 9.17) is 5.11 Å². The highest BCUT2D eigenvalue weighted by Gasteiger charge is 2.39. The molecule has 0 fully saturated rings. The zero-order valence-corrected chi connectivity index (χ0v) is 12.0. The van der Waals surface area contributed by atoms with Gasteiger partial charge in [0.1, 0.15) is 0 Å². The Morgan fingerprint density at radius 2 is 1.83 bits per heavy atom. The minimum atomic E-state index is -2.07. The second-order valence-corrected chi connectivity index (χ2v) is 9.61. The molecule has 0 aromatic heterocycles. The van der Waals surface area contributed by atoms with E-state index in [1.54, 1.807) is 0 Å². The first-order valence-corrected chi connectivity index (χ1v) is 9.08. The van der Waals surface area contributed by atoms with Crippen molar-refractivity contribution in [3.8, 4) is 0 Å². The van der Waals surface area contributed by atoms with Crippen LogP contribution in [0, 0.1) is 0 Å². The van der Waals surface area contributed by atoms with E-state index < -0.39 is 20.1 Å². The summed E-state index contributed by atoms with van der Waals surface area (Å²) in [5, 5.41) is 20.1. The zero-order valence-electron chi connectivity index (χ0n) is 11.0. The van der Waals surface area contributed by atoms with Gasteiger partial charge in [0.15, 0.2) is 6.10 Å². The number of allylic oxidation sites excluding steroid dienone is 1. The van der Waals surface area contributed by atoms with Gasteiger partial charge in [-0.2, -0.15) is 0 Å². The standard InChI is InChI=1S/C14H20O3Si/c1-4-8-12(13(15)14(16)17)18(2,3)11-9-6-5-7-10-11/h4-10,12-13,15H,1-3H3,(H,16,17)/b8-4+/t12-,13-/m0/s1. The molecule has 0 aliphatic heterocycles. The van der Waals surface area contributed by atoms with Gasteiger partial charge in [-0.1, -0.05) is 60.8 Å². The fourth-order valence-electron chi connectivity index (χ4n) is 2.16. The number of aliphatic hydroxyl groups excluding tert-OH is 1. The zero-order chi connectivity index (χ0) is 13.8. The maximum Gasteiger partial charge on any atom is 0.332 e. The number of carboxylic acid groups (broad SMARTS) is 1. The van der Waals surface area contributed by atoms with Gasteiger partial charge in [0.05, 0.1) is 8.07 Å². The molecule has 3 nitrogen and oxygen atoms in total. The topological polar surface area (TPSA) is 57.5 Å². The highest BCUT2D eigenvalue weighted by molar-refractivity contribution is 6.91. The highest BCUT2D eigenvalue weighted by atomic mass is 28.3. The third-order valence-corrected chi connectivity index (χ3v) is 7.34. The Bertz CT molecular complexity index is 426. The lowest BCUT2D eigenvalue weighted by Crippen LogP contribution is -2.50. The van der Waals surface area contributed by atoms with E-state index in [0.29, 0.717) is 0 Å². The molecule has 0 spiro atoms. The van der Waals surface area contributed by atoms with Gasteiger partial charge in [0.25, 0.3) is 0 Å². The summed E-state index contributed by atoms with van der Waals surface area (Å²) >= 11 is 0. The summed E-state index contributed by atoms with van der Waals surface area (Å²) in [7, 11) is -2.07. The predicted octanol–water partition coefficient (Wildman–Crippen LogP) is 1.99. The van der Waals surface area contributed by atoms with E-state index in [2.05, 4.69) is 13.1 Å². The van der Waals surface area contributed by atoms with Gasteiger partial charge in [-0.3, -0.25) is 0 Å². The lowest BCUT2D eigenvalue weighted by atomic mass is 10.2. The van der Waals surface area contributed by atoms with E-state index in [1.807, 2.05) is 49.4 Å². The molecule has 0 radical (unpaired) electrons. The molecule has 98 valence electrons. The number of hydrogen-bond donors (Lipinski definition) is 2. The number of rotatable bonds is 5. The highest BCUT2D eigenvalue weighted by Crippen LogP contribution is 2.27. The molecule has 0 aliphatic carbocycles. The summed E-state index contributed by atoms with van der Waals surface area (Å²) in [6.07, 6.45) is 2.29. The molecule has 0 saturated heterocycles. The molecule has 0 amide bonds. The van der Waals surface area contributed by atoms with Gasteiger partial charge in [-0.15, -0.1) is 0 Å². The summed E-state index contributed by atoms with van der Waals surface area (Å²) in [5.74, 6) is -1.16. The lowest BCUT2D eigenvalue weighted by Gasteiger charge is -2.32. The Labute approximate surface area is 109 Å². The van der Waals surface area contributed by atoms with E-state index in [0.717, 1.165) is 5.19 Å². The first kappa shape index (κ1) is 14.7. The Kier molecular flexibility index (Phi) is 4.87. The Morgan fingerprint density at radius 1 is 1.28 bits per heavy atom. The molecule has 0 saturated carbocycles. The van der Waals surface area contributed by atoms with Crippen LogP contribution in [-0.2, 0) is 4.79 Å². The summed E-state index contributed by atoms with van der Waals surface area (Å²) in [5.41, 5.74) is -0.331. The van der Waals surface area contributed by atoms with Crippen LogP contribution in [0.25, 0.3) is 0 Å². The van der Waals surface area contributed by atoms with E-state index >= 15 is 0 Å². The molecule has 0 bridgehead atoms. The van der Waals surface area contributed by atoms with Crippen LogP contribution in [0.4, 0.5) is 0 Å². The van der Waals surface area contributed by atoms with Gasteiger partial charge in [0, 0.05) is 5.54 Å². The molecule has 1 aromatic carbocycles. The van der Waals surface area contributed by atoms with Crippen LogP contribution in [0.1, 0.15) is 6.92 Å². The number of aliphatic hydroxyl groups is 1. The number of hydrogen-bond acceptors (Lipinski definition) is 2. The molecule has 4 heteroatoms. The van der Waals surface area contributed by atoms with Crippen molar-refractivity contribution in [2.24, 2.45) is 0 Å². The van der Waals surface area contributed by atoms with Crippen LogP contribution in [-0.4, -0.2) is 30.4 Å². The van der Waals surface area contributed by atoms with Crippen LogP contribution >= 0.6 is 0 Å². The monoisotopic (exact) mass is 264 g/mol. The SMILES string of the molecule is C/C=C/[C@@H]([C@H](O)C(=O)O)[Si](C)(C)c1ccccc1. The quantitative estimate of drug-likeness (QED) is 0.631. The molecule has 1 aromatic rings. The Morgan fingerprint density at radius 3 is 2.28 bits per heavy atom. The van der Waals surface area contributed by atoms with Gasteiger partial charge < -0.3 is 10.2 Å². The van der Waals surface area contributed by atoms with Crippen molar-refractivity contribution in [3.63, 3.8) is 0 Å². The first-order chi connectivity index (χ1) is 8.41. The summed E-state index contributed by atoms with van der Waals surface area (Å²) in [4.78, 5) is 11.0. The van der Waals surface area contributed by atoms with Crippen LogP contribution in [0.2, 0.25) is 18.6 Å². The van der Waals surface area contributed by atoms with Crippen molar-refractivity contribution in [1.82, 2.24) is 0 Å². The average molecular weight is 264 g/mol. The van der Waals surface area contributed by atoms with Crippen LogP contribution in [0.5, 0.6) is 0 Å². The van der Waals surface area contributed by atoms with Crippen LogP contribution in [0.15, 0.2) is 42.5 Å². The number of aliphatic carboxylic acids is 1. The van der Waals surface area contributed by atoms with E-state index in [1.165, 1.54) is 0 Å². The summed E-state index contributed by atoms with van der Waals surface area (Å²) in [6, 6.07) is 9.86. The van der Waals surface area contributed by atoms with Gasteiger partial charge in [-0.05, 0) is 6.92 Å². The molecule has 2 N–H and O–H groups in total. The molecule has 2 atom stereocenters. The molecule has 0 heterocycles. The van der Waals surface area contributed by atoms with Crippen molar-refractivity contribution in [3.05, 3.63) is 42.5 Å². The Hall–Kier alpha value is -1.39. The van der Waals surface area contributed by atoms with E-state index in [9.17, 15) is 9.90 Å². The normalized spacial score (nSPS) is 15.6. The first-order valence-electron chi connectivity index (χ1n) is 6.00. The van der Waals surface area contributed by atoms with Crippen LogP contribution in [0.3, 0.4) is 0 Å². The molecular weight excluding hydrogens is 244 g/mol. The second kappa shape index (κ2) is 5.98. The maximum absolute atomic E-state index is 11.0. The minimum Gasteiger partial charge on any atom is -0.479 e. The van der Waals surface area contributed by atoms with Crippen molar-refractivity contribution >= 4 is 19.2 Å². The molecular formula is C14H20O3Si. The Balaban J connectivity index is 3.16. The van der Waals surface area contributed by atoms with Gasteiger partial charge >= 0.3 is 5.97 Å². The average Bonchev–Trinajstić information content (AvgIpc) is 2.36. The molecule has 18 heavy (non-hydrogen) atoms. The van der Waals surface area contributed by atoms with Crippen molar-refractivity contribution in [1.29, 1.82) is 0 Å². The van der Waals surface area contributed by atoms with Crippen molar-refractivity contribution in [2.75, 3.05) is 0 Å². The van der Waals surface area contributed by atoms with Crippen molar-refractivity contribution < 1.29 is 15.0 Å². The van der Waals surface area contributed by atoms with Gasteiger partial charge in [0.2, 0.25) is 0 Å². The van der Waals surface area contributed by atoms with E-state index in [-0.39, 0.29) is 5.54 Å². The second-order valence-electron chi connectivity index (χ2n) is 4.92. The minimum absolute atomic E-state index is 0.331. The lowest BCUT2D eigenvalue weighted by molar-refractivity contribution is -0.146. The number of benzene rings is 1. The molecule has 1 rings (SSSR count). The fourth-order valence-corrected chi connectivity index (χ4v) is 5.20. The summed E-state index contributed by atoms with van der Waals surface area (Å²) in [6.45, 7) is 6.01. The third-order valence-electron chi connectivity index (χ3n) is 3.34. The summed E-state index contributed by atoms with van der Waals surface area (Å²) < 4.78 is 0. The van der Waals surface area contributed by atoms with Crippen LogP contribution < -0.4 is 5.19 Å². The predicted molar refractivity (Wildman–Crippen MR) is 75.8 cm³/mol. The molecule has 0 aliphatic rings. The number of carboxylic acids is 1. The molecule has 0 unspecified atom stereocenters. The smallest absolute Gasteiger partial charge is 0.332 e. The van der Waals surface area contributed by atoms with Gasteiger partial charge in [-0.25, -0.2) is 4.79 Å². The van der Waals surface area contributed by atoms with Crippen molar-refractivity contribution in [2.45, 2.75) is 31.7 Å². The maximum atomic E-state index is 11.0. The largest absolute Gasteiger partial charge is 0.479 e. The fraction of sp³-hybridized carbons (Fsp3) is 0.357.